The Hall–Kier alpha value is -1.64. The van der Waals surface area contributed by atoms with Gasteiger partial charge in [0.2, 0.25) is 0 Å². The molecular weight excluding hydrogens is 159 g/mol. The first kappa shape index (κ1) is 8.46. The van der Waals surface area contributed by atoms with Gasteiger partial charge < -0.3 is 5.11 Å². The average molecular weight is 166 g/mol. The molecular formula is C9H7FO2. The molecule has 0 unspecified atom stereocenters. The molecule has 3 heteroatoms. The number of allylic oxidation sites excluding steroid dienone is 1. The first-order valence-electron chi connectivity index (χ1n) is 3.34. The molecule has 1 N–H and O–H groups in total. The molecule has 0 aliphatic carbocycles. The minimum atomic E-state index is -0.692. The van der Waals surface area contributed by atoms with Gasteiger partial charge in [-0.25, -0.2) is 4.39 Å². The van der Waals surface area contributed by atoms with Gasteiger partial charge in [-0.15, -0.1) is 0 Å². The third-order valence-electron chi connectivity index (χ3n) is 1.34. The second kappa shape index (κ2) is 3.67. The van der Waals surface area contributed by atoms with Crippen molar-refractivity contribution in [2.75, 3.05) is 0 Å². The monoisotopic (exact) mass is 166 g/mol. The third kappa shape index (κ3) is 1.92. The van der Waals surface area contributed by atoms with Crippen molar-refractivity contribution in [2.45, 2.75) is 0 Å². The van der Waals surface area contributed by atoms with Crippen LogP contribution in [-0.4, -0.2) is 11.4 Å². The summed E-state index contributed by atoms with van der Waals surface area (Å²) in [6.07, 6.45) is 3.31. The lowest BCUT2D eigenvalue weighted by atomic mass is 10.2. The van der Waals surface area contributed by atoms with Crippen molar-refractivity contribution < 1.29 is 14.3 Å². The van der Waals surface area contributed by atoms with Crippen molar-refractivity contribution in [3.63, 3.8) is 0 Å². The number of hydrogen-bond donors (Lipinski definition) is 1. The van der Waals surface area contributed by atoms with E-state index in [0.29, 0.717) is 11.8 Å². The first-order chi connectivity index (χ1) is 5.74. The van der Waals surface area contributed by atoms with E-state index in [2.05, 4.69) is 0 Å². The van der Waals surface area contributed by atoms with E-state index in [1.165, 1.54) is 24.3 Å². The summed E-state index contributed by atoms with van der Waals surface area (Å²) in [7, 11) is 0. The summed E-state index contributed by atoms with van der Waals surface area (Å²) in [4.78, 5) is 9.90. The highest BCUT2D eigenvalue weighted by molar-refractivity contribution is 5.73. The Kier molecular flexibility index (Phi) is 2.58. The number of carbonyl (C=O) groups excluding carboxylic acids is 1. The van der Waals surface area contributed by atoms with Gasteiger partial charge in [0.25, 0.3) is 0 Å². The fourth-order valence-electron chi connectivity index (χ4n) is 0.777. The summed E-state index contributed by atoms with van der Waals surface area (Å²) in [6.45, 7) is 0. The lowest BCUT2D eigenvalue weighted by molar-refractivity contribution is -0.104. The number of phenolic OH excluding ortho intramolecular Hbond substituents is 1. The van der Waals surface area contributed by atoms with E-state index < -0.39 is 11.6 Å². The summed E-state index contributed by atoms with van der Waals surface area (Å²) in [5, 5.41) is 8.80. The molecule has 0 amide bonds. The molecule has 0 fully saturated rings. The van der Waals surface area contributed by atoms with Gasteiger partial charge >= 0.3 is 0 Å². The number of benzene rings is 1. The molecule has 62 valence electrons. The van der Waals surface area contributed by atoms with Crippen molar-refractivity contribution in [3.05, 3.63) is 35.7 Å². The SMILES string of the molecule is O=C/C=C/c1ccc(O)c(F)c1. The molecule has 0 saturated heterocycles. The number of carbonyl (C=O) groups is 1. The maximum Gasteiger partial charge on any atom is 0.165 e. The minimum Gasteiger partial charge on any atom is -0.505 e. The maximum absolute atomic E-state index is 12.6. The zero-order valence-electron chi connectivity index (χ0n) is 6.20. The molecule has 2 nitrogen and oxygen atoms in total. The van der Waals surface area contributed by atoms with Gasteiger partial charge in [0, 0.05) is 0 Å². The fourth-order valence-corrected chi connectivity index (χ4v) is 0.777. The highest BCUT2D eigenvalue weighted by Gasteiger charge is 1.97. The van der Waals surface area contributed by atoms with Crippen LogP contribution in [-0.2, 0) is 4.79 Å². The summed E-state index contributed by atoms with van der Waals surface area (Å²) in [5.41, 5.74) is 0.539. The van der Waals surface area contributed by atoms with Crippen LogP contribution in [0.2, 0.25) is 0 Å². The van der Waals surface area contributed by atoms with Crippen LogP contribution < -0.4 is 0 Å². The molecule has 0 radical (unpaired) electrons. The highest BCUT2D eigenvalue weighted by atomic mass is 19.1. The molecule has 0 saturated carbocycles. The van der Waals surface area contributed by atoms with Gasteiger partial charge in [-0.3, -0.25) is 4.79 Å². The molecule has 0 aliphatic heterocycles. The van der Waals surface area contributed by atoms with Crippen molar-refractivity contribution in [2.24, 2.45) is 0 Å². The molecule has 12 heavy (non-hydrogen) atoms. The highest BCUT2D eigenvalue weighted by Crippen LogP contribution is 2.16. The van der Waals surface area contributed by atoms with Gasteiger partial charge in [-0.05, 0) is 23.8 Å². The Morgan fingerprint density at radius 3 is 2.75 bits per heavy atom. The Bertz CT molecular complexity index is 318. The largest absolute Gasteiger partial charge is 0.505 e. The predicted octanol–water partition coefficient (Wildman–Crippen LogP) is 1.74. The van der Waals surface area contributed by atoms with Gasteiger partial charge in [-0.1, -0.05) is 12.1 Å². The molecule has 0 spiro atoms. The van der Waals surface area contributed by atoms with Crippen LogP contribution in [0.3, 0.4) is 0 Å². The van der Waals surface area contributed by atoms with Crippen molar-refractivity contribution in [3.8, 4) is 5.75 Å². The molecule has 1 rings (SSSR count). The fraction of sp³-hybridized carbons (Fsp3) is 0. The van der Waals surface area contributed by atoms with E-state index in [-0.39, 0.29) is 0 Å². The number of phenols is 1. The number of rotatable bonds is 2. The van der Waals surface area contributed by atoms with Crippen LogP contribution in [0.4, 0.5) is 4.39 Å². The second-order valence-electron chi connectivity index (χ2n) is 2.21. The number of aldehydes is 1. The Labute approximate surface area is 69.0 Å². The van der Waals surface area contributed by atoms with E-state index in [4.69, 9.17) is 5.11 Å². The number of aromatic hydroxyl groups is 1. The summed E-state index contributed by atoms with van der Waals surface area (Å²) < 4.78 is 12.6. The van der Waals surface area contributed by atoms with E-state index in [1.807, 2.05) is 0 Å². The Balaban J connectivity index is 2.96. The third-order valence-corrected chi connectivity index (χ3v) is 1.34. The molecule has 0 aliphatic rings. The Morgan fingerprint density at radius 1 is 1.42 bits per heavy atom. The van der Waals surface area contributed by atoms with E-state index in [1.54, 1.807) is 0 Å². The molecule has 1 aromatic rings. The number of hydrogen-bond acceptors (Lipinski definition) is 2. The van der Waals surface area contributed by atoms with Gasteiger partial charge in [0.05, 0.1) is 0 Å². The predicted molar refractivity (Wildman–Crippen MR) is 43.2 cm³/mol. The molecule has 0 bridgehead atoms. The summed E-state index contributed by atoms with van der Waals surface area (Å²) in [5.74, 6) is -1.08. The van der Waals surface area contributed by atoms with Crippen LogP contribution in [0.15, 0.2) is 24.3 Å². The first-order valence-corrected chi connectivity index (χ1v) is 3.34. The molecule has 0 heterocycles. The minimum absolute atomic E-state index is 0.391. The van der Waals surface area contributed by atoms with Gasteiger partial charge in [0.15, 0.2) is 11.6 Å². The topological polar surface area (TPSA) is 37.3 Å². The maximum atomic E-state index is 12.6. The smallest absolute Gasteiger partial charge is 0.165 e. The standard InChI is InChI=1S/C9H7FO2/c10-8-6-7(2-1-5-11)3-4-9(8)12/h1-6,12H/b2-1+. The van der Waals surface area contributed by atoms with E-state index in [0.717, 1.165) is 6.07 Å². The van der Waals surface area contributed by atoms with Crippen LogP contribution >= 0.6 is 0 Å². The molecule has 1 aromatic carbocycles. The zero-order valence-corrected chi connectivity index (χ0v) is 6.20. The van der Waals surface area contributed by atoms with Crippen LogP contribution in [0.25, 0.3) is 6.08 Å². The molecule has 0 aromatic heterocycles. The summed E-state index contributed by atoms with van der Waals surface area (Å²) >= 11 is 0. The lowest BCUT2D eigenvalue weighted by Crippen LogP contribution is -1.78. The van der Waals surface area contributed by atoms with Crippen molar-refractivity contribution in [1.29, 1.82) is 0 Å². The van der Waals surface area contributed by atoms with E-state index in [9.17, 15) is 9.18 Å². The average Bonchev–Trinajstić information content (AvgIpc) is 2.07. The lowest BCUT2D eigenvalue weighted by Gasteiger charge is -1.95. The van der Waals surface area contributed by atoms with Gasteiger partial charge in [0.1, 0.15) is 6.29 Å². The normalized spacial score (nSPS) is 10.4. The molecule has 0 atom stereocenters. The number of halogens is 1. The quantitative estimate of drug-likeness (QED) is 0.536. The van der Waals surface area contributed by atoms with Gasteiger partial charge in [-0.2, -0.15) is 0 Å². The van der Waals surface area contributed by atoms with Crippen molar-refractivity contribution >= 4 is 12.4 Å². The van der Waals surface area contributed by atoms with E-state index >= 15 is 0 Å². The summed E-state index contributed by atoms with van der Waals surface area (Å²) in [6, 6.07) is 3.90. The van der Waals surface area contributed by atoms with Crippen LogP contribution in [0.5, 0.6) is 5.75 Å². The van der Waals surface area contributed by atoms with Crippen LogP contribution in [0, 0.1) is 5.82 Å². The van der Waals surface area contributed by atoms with Crippen LogP contribution in [0.1, 0.15) is 5.56 Å². The zero-order chi connectivity index (χ0) is 8.97. The second-order valence-corrected chi connectivity index (χ2v) is 2.21. The Morgan fingerprint density at radius 2 is 2.17 bits per heavy atom. The van der Waals surface area contributed by atoms with Crippen molar-refractivity contribution in [1.82, 2.24) is 0 Å².